The highest BCUT2D eigenvalue weighted by atomic mass is 16.2. The summed E-state index contributed by atoms with van der Waals surface area (Å²) >= 11 is 0. The van der Waals surface area contributed by atoms with Gasteiger partial charge in [0.05, 0.1) is 12.6 Å². The van der Waals surface area contributed by atoms with Gasteiger partial charge in [-0.3, -0.25) is 4.79 Å². The average molecular weight is 192 g/mol. The Balaban J connectivity index is 2.58. The lowest BCUT2D eigenvalue weighted by atomic mass is 10.4. The van der Waals surface area contributed by atoms with Gasteiger partial charge in [0, 0.05) is 26.5 Å². The molecular formula is C9H12N4O. The molecule has 14 heavy (non-hydrogen) atoms. The summed E-state index contributed by atoms with van der Waals surface area (Å²) < 4.78 is 1.84. The lowest BCUT2D eigenvalue weighted by Gasteiger charge is -2.14. The van der Waals surface area contributed by atoms with Gasteiger partial charge in [0.1, 0.15) is 12.2 Å². The van der Waals surface area contributed by atoms with E-state index < -0.39 is 0 Å². The highest BCUT2D eigenvalue weighted by molar-refractivity contribution is 5.77. The molecule has 0 unspecified atom stereocenters. The molecule has 0 atom stereocenters. The number of hydrogen-bond acceptors (Lipinski definition) is 3. The highest BCUT2D eigenvalue weighted by Gasteiger charge is 2.10. The minimum atomic E-state index is -0.185. The van der Waals surface area contributed by atoms with Crippen LogP contribution in [0.15, 0.2) is 12.4 Å². The van der Waals surface area contributed by atoms with Crippen LogP contribution in [0, 0.1) is 11.3 Å². The molecule has 1 heterocycles. The monoisotopic (exact) mass is 192 g/mol. The number of aromatic nitrogens is 2. The summed E-state index contributed by atoms with van der Waals surface area (Å²) in [6.07, 6.45) is 3.41. The number of nitrogens with zero attached hydrogens (tertiary/aromatic N) is 4. The van der Waals surface area contributed by atoms with E-state index in [1.807, 2.05) is 23.9 Å². The smallest absolute Gasteiger partial charge is 0.236 e. The molecule has 0 radical (unpaired) electrons. The molecule has 0 spiro atoms. The van der Waals surface area contributed by atoms with E-state index in [1.165, 1.54) is 4.90 Å². The van der Waals surface area contributed by atoms with E-state index in [0.717, 1.165) is 5.82 Å². The Morgan fingerprint density at radius 2 is 2.50 bits per heavy atom. The summed E-state index contributed by atoms with van der Waals surface area (Å²) in [5.41, 5.74) is 0. The van der Waals surface area contributed by atoms with Crippen molar-refractivity contribution in [3.05, 3.63) is 18.2 Å². The topological polar surface area (TPSA) is 61.9 Å². The summed E-state index contributed by atoms with van der Waals surface area (Å²) in [6.45, 7) is 0.435. The molecule has 5 nitrogen and oxygen atoms in total. The number of rotatable bonds is 3. The molecule has 74 valence electrons. The van der Waals surface area contributed by atoms with Crippen LogP contribution in [-0.2, 0) is 18.4 Å². The third-order valence-electron chi connectivity index (χ3n) is 1.96. The van der Waals surface area contributed by atoms with Gasteiger partial charge < -0.3 is 9.47 Å². The van der Waals surface area contributed by atoms with E-state index in [2.05, 4.69) is 4.98 Å². The average Bonchev–Trinajstić information content (AvgIpc) is 2.52. The highest BCUT2D eigenvalue weighted by Crippen LogP contribution is 2.00. The first-order valence-corrected chi connectivity index (χ1v) is 4.22. The molecule has 1 rings (SSSR count). The summed E-state index contributed by atoms with van der Waals surface area (Å²) in [4.78, 5) is 16.8. The van der Waals surface area contributed by atoms with E-state index in [9.17, 15) is 4.79 Å². The van der Waals surface area contributed by atoms with Crippen molar-refractivity contribution in [2.45, 2.75) is 13.0 Å². The molecule has 0 aliphatic carbocycles. The first-order valence-electron chi connectivity index (χ1n) is 4.22. The van der Waals surface area contributed by atoms with Gasteiger partial charge in [-0.15, -0.1) is 0 Å². The molecule has 0 aromatic carbocycles. The molecule has 0 saturated carbocycles. The second-order valence-electron chi connectivity index (χ2n) is 3.04. The molecule has 5 heteroatoms. The number of aryl methyl sites for hydroxylation is 1. The molecule has 1 aromatic heterocycles. The van der Waals surface area contributed by atoms with Gasteiger partial charge in [-0.25, -0.2) is 4.98 Å². The first-order chi connectivity index (χ1) is 6.65. The Bertz CT molecular complexity index is 363. The second kappa shape index (κ2) is 4.42. The molecule has 1 aromatic rings. The van der Waals surface area contributed by atoms with Gasteiger partial charge in [0.2, 0.25) is 5.91 Å². The van der Waals surface area contributed by atoms with Crippen molar-refractivity contribution in [2.75, 3.05) is 7.05 Å². The molecule has 0 saturated heterocycles. The number of carbonyl (C=O) groups is 1. The van der Waals surface area contributed by atoms with Crippen LogP contribution in [0.5, 0.6) is 0 Å². The van der Waals surface area contributed by atoms with Crippen LogP contribution in [0.3, 0.4) is 0 Å². The molecular weight excluding hydrogens is 180 g/mol. The summed E-state index contributed by atoms with van der Waals surface area (Å²) in [5, 5.41) is 8.35. The fraction of sp³-hybridized carbons (Fsp3) is 0.444. The van der Waals surface area contributed by atoms with Gasteiger partial charge >= 0.3 is 0 Å². The van der Waals surface area contributed by atoms with E-state index in [4.69, 9.17) is 5.26 Å². The van der Waals surface area contributed by atoms with Crippen LogP contribution < -0.4 is 0 Å². The van der Waals surface area contributed by atoms with Crippen LogP contribution in [-0.4, -0.2) is 27.4 Å². The second-order valence-corrected chi connectivity index (χ2v) is 3.04. The fourth-order valence-corrected chi connectivity index (χ4v) is 1.05. The van der Waals surface area contributed by atoms with Gasteiger partial charge in [-0.05, 0) is 0 Å². The van der Waals surface area contributed by atoms with Gasteiger partial charge in [-0.1, -0.05) is 0 Å². The van der Waals surface area contributed by atoms with Crippen molar-refractivity contribution in [1.29, 1.82) is 5.26 Å². The molecule has 1 amide bonds. The number of hydrogen-bond donors (Lipinski definition) is 0. The van der Waals surface area contributed by atoms with Crippen molar-refractivity contribution in [3.63, 3.8) is 0 Å². The predicted octanol–water partition coefficient (Wildman–Crippen LogP) is 0.292. The van der Waals surface area contributed by atoms with Gasteiger partial charge in [0.15, 0.2) is 0 Å². The molecule has 0 bridgehead atoms. The van der Waals surface area contributed by atoms with E-state index in [0.29, 0.717) is 6.54 Å². The van der Waals surface area contributed by atoms with Crippen LogP contribution >= 0.6 is 0 Å². The normalized spacial score (nSPS) is 9.50. The van der Waals surface area contributed by atoms with E-state index >= 15 is 0 Å². The molecule has 0 N–H and O–H groups in total. The predicted molar refractivity (Wildman–Crippen MR) is 49.9 cm³/mol. The maximum atomic E-state index is 11.2. The Morgan fingerprint density at radius 3 is 3.00 bits per heavy atom. The number of imidazole rings is 1. The SMILES string of the molecule is CN(Cc1nccn1C)C(=O)CC#N. The van der Waals surface area contributed by atoms with Crippen LogP contribution in [0.1, 0.15) is 12.2 Å². The summed E-state index contributed by atoms with van der Waals surface area (Å²) in [5.74, 6) is 0.620. The zero-order valence-corrected chi connectivity index (χ0v) is 8.27. The Hall–Kier alpha value is -1.83. The fourth-order valence-electron chi connectivity index (χ4n) is 1.05. The van der Waals surface area contributed by atoms with Crippen LogP contribution in [0.2, 0.25) is 0 Å². The maximum absolute atomic E-state index is 11.2. The first kappa shape index (κ1) is 10.3. The number of carbonyl (C=O) groups excluding carboxylic acids is 1. The third kappa shape index (κ3) is 2.33. The quantitative estimate of drug-likeness (QED) is 0.691. The van der Waals surface area contributed by atoms with Crippen molar-refractivity contribution >= 4 is 5.91 Å². The molecule has 0 aliphatic heterocycles. The van der Waals surface area contributed by atoms with Gasteiger partial charge in [0.25, 0.3) is 0 Å². The lowest BCUT2D eigenvalue weighted by Crippen LogP contribution is -2.26. The van der Waals surface area contributed by atoms with Crippen molar-refractivity contribution < 1.29 is 4.79 Å². The Labute approximate surface area is 82.6 Å². The maximum Gasteiger partial charge on any atom is 0.236 e. The molecule has 0 fully saturated rings. The zero-order chi connectivity index (χ0) is 10.6. The summed E-state index contributed by atoms with van der Waals surface area (Å²) in [7, 11) is 3.53. The van der Waals surface area contributed by atoms with E-state index in [-0.39, 0.29) is 12.3 Å². The lowest BCUT2D eigenvalue weighted by molar-refractivity contribution is -0.129. The minimum absolute atomic E-state index is 0.0824. The Morgan fingerprint density at radius 1 is 1.79 bits per heavy atom. The largest absolute Gasteiger partial charge is 0.337 e. The minimum Gasteiger partial charge on any atom is -0.337 e. The van der Waals surface area contributed by atoms with Crippen LogP contribution in [0.25, 0.3) is 0 Å². The third-order valence-corrected chi connectivity index (χ3v) is 1.96. The Kier molecular flexibility index (Phi) is 3.24. The van der Waals surface area contributed by atoms with Crippen molar-refractivity contribution in [1.82, 2.24) is 14.5 Å². The van der Waals surface area contributed by atoms with E-state index in [1.54, 1.807) is 13.2 Å². The summed E-state index contributed by atoms with van der Waals surface area (Å²) in [6, 6.07) is 1.82. The van der Waals surface area contributed by atoms with Gasteiger partial charge in [-0.2, -0.15) is 5.26 Å². The van der Waals surface area contributed by atoms with Crippen LogP contribution in [0.4, 0.5) is 0 Å². The number of nitriles is 1. The zero-order valence-electron chi connectivity index (χ0n) is 8.27. The number of amides is 1. The standard InChI is InChI=1S/C9H12N4O/c1-12-6-5-11-8(12)7-13(2)9(14)3-4-10/h5-6H,3,7H2,1-2H3. The van der Waals surface area contributed by atoms with Crippen molar-refractivity contribution in [2.24, 2.45) is 7.05 Å². The molecule has 0 aliphatic rings. The van der Waals surface area contributed by atoms with Crippen molar-refractivity contribution in [3.8, 4) is 6.07 Å².